The summed E-state index contributed by atoms with van der Waals surface area (Å²) in [4.78, 5) is 30.3. The van der Waals surface area contributed by atoms with Crippen LogP contribution in [0.15, 0.2) is 66.9 Å². The topological polar surface area (TPSA) is 117 Å². The molecule has 0 bridgehead atoms. The highest BCUT2D eigenvalue weighted by Crippen LogP contribution is 2.38. The Bertz CT molecular complexity index is 1440. The Morgan fingerprint density at radius 3 is 2.25 bits per heavy atom. The van der Waals surface area contributed by atoms with Gasteiger partial charge in [0.1, 0.15) is 17.0 Å². The molecule has 5 rings (SSSR count). The summed E-state index contributed by atoms with van der Waals surface area (Å²) >= 11 is 0. The molecule has 1 aromatic heterocycles. The van der Waals surface area contributed by atoms with E-state index < -0.39 is 11.2 Å². The number of nitrogens with one attached hydrogen (secondary N) is 1. The summed E-state index contributed by atoms with van der Waals surface area (Å²) in [6, 6.07) is 19.4. The molecule has 2 aliphatic heterocycles. The summed E-state index contributed by atoms with van der Waals surface area (Å²) < 4.78 is 11.4. The van der Waals surface area contributed by atoms with Gasteiger partial charge in [0.05, 0.1) is 17.6 Å². The van der Waals surface area contributed by atoms with Crippen LogP contribution in [-0.2, 0) is 19.7 Å². The van der Waals surface area contributed by atoms with E-state index in [9.17, 15) is 14.7 Å². The van der Waals surface area contributed by atoms with E-state index >= 15 is 0 Å². The van der Waals surface area contributed by atoms with Crippen LogP contribution in [0.4, 0.5) is 10.5 Å². The van der Waals surface area contributed by atoms with Gasteiger partial charge in [-0.2, -0.15) is 10.2 Å². The van der Waals surface area contributed by atoms with Gasteiger partial charge in [-0.25, -0.2) is 4.79 Å². The molecule has 2 aromatic carbocycles. The van der Waals surface area contributed by atoms with Gasteiger partial charge in [-0.3, -0.25) is 4.79 Å². The Labute approximate surface area is 259 Å². The molecule has 44 heavy (non-hydrogen) atoms. The number of anilines is 1. The number of ether oxygens (including phenoxy) is 2. The largest absolute Gasteiger partial charge is 0.507 e. The van der Waals surface area contributed by atoms with Crippen LogP contribution in [0, 0.1) is 0 Å². The number of likely N-dealkylation sites (tertiary alicyclic amines) is 1. The molecule has 2 aliphatic rings. The number of carbonyl (C=O) groups is 2. The Hall–Kier alpha value is -4.18. The van der Waals surface area contributed by atoms with Crippen molar-refractivity contribution in [2.75, 3.05) is 44.7 Å². The minimum absolute atomic E-state index is 0.146. The first-order chi connectivity index (χ1) is 21.0. The average Bonchev–Trinajstić information content (AvgIpc) is 3.04. The maximum Gasteiger partial charge on any atom is 0.410 e. The molecule has 0 unspecified atom stereocenters. The van der Waals surface area contributed by atoms with Crippen LogP contribution < -0.4 is 10.2 Å². The Balaban J connectivity index is 1.27. The zero-order valence-corrected chi connectivity index (χ0v) is 26.1. The molecule has 2 fully saturated rings. The first kappa shape index (κ1) is 31.3. The number of amides is 2. The van der Waals surface area contributed by atoms with Crippen LogP contribution in [0.3, 0.4) is 0 Å². The fourth-order valence-corrected chi connectivity index (χ4v) is 6.21. The van der Waals surface area contributed by atoms with Crippen LogP contribution in [0.25, 0.3) is 11.3 Å². The number of para-hydroxylation sites is 1. The number of methoxy groups -OCH3 is 1. The summed E-state index contributed by atoms with van der Waals surface area (Å²) in [5.41, 5.74) is 1.55. The standard InChI is InChI=1S/C34H43N5O5/c1-32(2,3)44-31(42)39-20-16-34(43-4,17-21-39)30(41)35-24-33(25-10-6-5-7-11-25)14-18-38(19-15-33)26-22-28(37-36-23-26)27-12-8-9-13-29(27)40/h5-13,22-23,40H,14-21,24H2,1-4H3,(H,35,41). The van der Waals surface area contributed by atoms with Crippen LogP contribution in [0.2, 0.25) is 0 Å². The van der Waals surface area contributed by atoms with Gasteiger partial charge in [-0.1, -0.05) is 42.5 Å². The van der Waals surface area contributed by atoms with Crippen molar-refractivity contribution in [3.63, 3.8) is 0 Å². The summed E-state index contributed by atoms with van der Waals surface area (Å²) in [6.07, 6.45) is 3.82. The SMILES string of the molecule is COC1(C(=O)NCC2(c3ccccc3)CCN(c3cnnc(-c4ccccc4O)c3)CC2)CCN(C(=O)OC(C)(C)C)CC1. The van der Waals surface area contributed by atoms with E-state index in [0.717, 1.165) is 31.6 Å². The van der Waals surface area contributed by atoms with Crippen LogP contribution in [0.1, 0.15) is 52.0 Å². The lowest BCUT2D eigenvalue weighted by Crippen LogP contribution is -2.58. The minimum atomic E-state index is -1.00. The number of aromatic hydroxyl groups is 1. The van der Waals surface area contributed by atoms with Gasteiger partial charge in [0.25, 0.3) is 5.91 Å². The summed E-state index contributed by atoms with van der Waals surface area (Å²) in [7, 11) is 1.57. The maximum absolute atomic E-state index is 13.7. The van der Waals surface area contributed by atoms with Crippen LogP contribution in [-0.4, -0.2) is 83.2 Å². The first-order valence-corrected chi connectivity index (χ1v) is 15.3. The summed E-state index contributed by atoms with van der Waals surface area (Å²) in [5, 5.41) is 22.1. The fraction of sp³-hybridized carbons (Fsp3) is 0.471. The number of hydrogen-bond donors (Lipinski definition) is 2. The number of hydrogen-bond acceptors (Lipinski definition) is 8. The second-order valence-corrected chi connectivity index (χ2v) is 12.8. The summed E-state index contributed by atoms with van der Waals surface area (Å²) in [6.45, 7) is 8.30. The van der Waals surface area contributed by atoms with E-state index in [2.05, 4.69) is 32.5 Å². The third kappa shape index (κ3) is 6.80. The van der Waals surface area contributed by atoms with Crippen LogP contribution >= 0.6 is 0 Å². The molecule has 0 atom stereocenters. The molecule has 10 nitrogen and oxygen atoms in total. The number of carbonyl (C=O) groups excluding carboxylic acids is 2. The molecule has 0 radical (unpaired) electrons. The van der Waals surface area contributed by atoms with E-state index in [0.29, 0.717) is 43.7 Å². The second kappa shape index (κ2) is 12.8. The number of piperidine rings is 2. The van der Waals surface area contributed by atoms with Gasteiger partial charge in [0.2, 0.25) is 0 Å². The Morgan fingerprint density at radius 2 is 1.61 bits per heavy atom. The van der Waals surface area contributed by atoms with Gasteiger partial charge in [0, 0.05) is 63.7 Å². The van der Waals surface area contributed by atoms with Crippen molar-refractivity contribution in [2.45, 2.75) is 63.1 Å². The lowest BCUT2D eigenvalue weighted by molar-refractivity contribution is -0.149. The molecule has 234 valence electrons. The lowest BCUT2D eigenvalue weighted by Gasteiger charge is -2.44. The van der Waals surface area contributed by atoms with Crippen molar-refractivity contribution in [2.24, 2.45) is 0 Å². The average molecular weight is 602 g/mol. The number of aromatic nitrogens is 2. The highest BCUT2D eigenvalue weighted by molar-refractivity contribution is 5.86. The third-order valence-electron chi connectivity index (χ3n) is 8.91. The number of rotatable bonds is 7. The predicted octanol–water partition coefficient (Wildman–Crippen LogP) is 4.92. The van der Waals surface area contributed by atoms with E-state index in [4.69, 9.17) is 9.47 Å². The molecule has 3 aromatic rings. The maximum atomic E-state index is 13.7. The second-order valence-electron chi connectivity index (χ2n) is 12.8. The number of nitrogens with zero attached hydrogens (tertiary/aromatic N) is 4. The molecule has 2 amide bonds. The molecular formula is C34H43N5O5. The molecule has 0 spiro atoms. The highest BCUT2D eigenvalue weighted by atomic mass is 16.6. The molecular weight excluding hydrogens is 558 g/mol. The summed E-state index contributed by atoms with van der Waals surface area (Å²) in [5.74, 6) is 0.0213. The first-order valence-electron chi connectivity index (χ1n) is 15.3. The van der Waals surface area contributed by atoms with Crippen molar-refractivity contribution >= 4 is 17.7 Å². The monoisotopic (exact) mass is 601 g/mol. The van der Waals surface area contributed by atoms with Crippen molar-refractivity contribution in [3.05, 3.63) is 72.4 Å². The third-order valence-corrected chi connectivity index (χ3v) is 8.91. The van der Waals surface area contributed by atoms with E-state index in [1.165, 1.54) is 5.56 Å². The number of benzene rings is 2. The fourth-order valence-electron chi connectivity index (χ4n) is 6.21. The molecule has 0 saturated carbocycles. The van der Waals surface area contributed by atoms with Crippen molar-refractivity contribution in [1.29, 1.82) is 0 Å². The normalized spacial score (nSPS) is 18.0. The lowest BCUT2D eigenvalue weighted by atomic mass is 9.72. The predicted molar refractivity (Wildman–Crippen MR) is 168 cm³/mol. The van der Waals surface area contributed by atoms with Gasteiger partial charge < -0.3 is 29.7 Å². The smallest absolute Gasteiger partial charge is 0.410 e. The zero-order valence-electron chi connectivity index (χ0n) is 26.1. The minimum Gasteiger partial charge on any atom is -0.507 e. The molecule has 0 aliphatic carbocycles. The van der Waals surface area contributed by atoms with Gasteiger partial charge in [-0.15, -0.1) is 0 Å². The Kier molecular flexibility index (Phi) is 9.10. The number of phenols is 1. The molecule has 2 saturated heterocycles. The van der Waals surface area contributed by atoms with Crippen LogP contribution in [0.5, 0.6) is 5.75 Å². The zero-order chi connectivity index (χ0) is 31.4. The number of phenolic OH excluding ortho intramolecular Hbond substituents is 1. The van der Waals surface area contributed by atoms with E-state index in [-0.39, 0.29) is 23.2 Å². The van der Waals surface area contributed by atoms with E-state index in [1.807, 2.05) is 57.2 Å². The highest BCUT2D eigenvalue weighted by Gasteiger charge is 2.45. The van der Waals surface area contributed by atoms with Crippen molar-refractivity contribution < 1.29 is 24.2 Å². The molecule has 10 heteroatoms. The molecule has 2 N–H and O–H groups in total. The van der Waals surface area contributed by atoms with Gasteiger partial charge in [-0.05, 0) is 57.4 Å². The van der Waals surface area contributed by atoms with Crippen molar-refractivity contribution in [3.8, 4) is 17.0 Å². The molecule has 3 heterocycles. The van der Waals surface area contributed by atoms with Gasteiger partial charge >= 0.3 is 6.09 Å². The van der Waals surface area contributed by atoms with E-state index in [1.54, 1.807) is 30.3 Å². The Morgan fingerprint density at radius 1 is 0.955 bits per heavy atom. The van der Waals surface area contributed by atoms with Gasteiger partial charge in [0.15, 0.2) is 0 Å². The quantitative estimate of drug-likeness (QED) is 0.392. The van der Waals surface area contributed by atoms with Crippen molar-refractivity contribution in [1.82, 2.24) is 20.4 Å².